The SMILES string of the molecule is CC1C[C@H]2[C@@H](C(=O)/C1=C\O)C2(C)C. The van der Waals surface area contributed by atoms with E-state index in [9.17, 15) is 4.79 Å². The fourth-order valence-electron chi connectivity index (χ4n) is 2.83. The minimum Gasteiger partial charge on any atom is -0.515 e. The van der Waals surface area contributed by atoms with E-state index in [-0.39, 0.29) is 23.0 Å². The Morgan fingerprint density at radius 2 is 2.15 bits per heavy atom. The zero-order valence-corrected chi connectivity index (χ0v) is 8.37. The topological polar surface area (TPSA) is 37.3 Å². The number of ketones is 1. The molecule has 2 aliphatic carbocycles. The lowest BCUT2D eigenvalue weighted by atomic mass is 9.85. The van der Waals surface area contributed by atoms with Crippen LogP contribution in [-0.2, 0) is 4.79 Å². The maximum Gasteiger partial charge on any atom is 0.166 e. The third-order valence-corrected chi connectivity index (χ3v) is 3.89. The molecular formula is C11H16O2. The number of carbonyl (C=O) groups is 1. The molecule has 0 heterocycles. The highest BCUT2D eigenvalue weighted by Crippen LogP contribution is 2.65. The average Bonchev–Trinajstić information content (AvgIpc) is 2.54. The van der Waals surface area contributed by atoms with Gasteiger partial charge in [-0.3, -0.25) is 4.79 Å². The van der Waals surface area contributed by atoms with Crippen molar-refractivity contribution in [1.82, 2.24) is 0 Å². The summed E-state index contributed by atoms with van der Waals surface area (Å²) in [5, 5.41) is 8.96. The summed E-state index contributed by atoms with van der Waals surface area (Å²) in [6.45, 7) is 6.31. The molecule has 0 aromatic rings. The molecule has 2 nitrogen and oxygen atoms in total. The second kappa shape index (κ2) is 2.37. The Morgan fingerprint density at radius 3 is 2.69 bits per heavy atom. The summed E-state index contributed by atoms with van der Waals surface area (Å²) in [6.07, 6.45) is 2.06. The van der Waals surface area contributed by atoms with Gasteiger partial charge < -0.3 is 5.11 Å². The van der Waals surface area contributed by atoms with Gasteiger partial charge in [-0.25, -0.2) is 0 Å². The van der Waals surface area contributed by atoms with Crippen LogP contribution < -0.4 is 0 Å². The normalized spacial score (nSPS) is 44.7. The first-order valence-electron chi connectivity index (χ1n) is 4.88. The molecule has 1 N–H and O–H groups in total. The number of allylic oxidation sites excluding steroid dienone is 1. The van der Waals surface area contributed by atoms with Gasteiger partial charge in [0.25, 0.3) is 0 Å². The van der Waals surface area contributed by atoms with E-state index in [1.807, 2.05) is 6.92 Å². The number of Topliss-reactive ketones (excluding diaryl/α,β-unsaturated/α-hetero) is 1. The minimum atomic E-state index is 0.177. The largest absolute Gasteiger partial charge is 0.515 e. The first kappa shape index (κ1) is 8.79. The molecule has 2 saturated carbocycles. The standard InChI is InChI=1S/C11H16O2/c1-6-4-8-9(11(8,2)3)10(13)7(6)5-12/h5-6,8-9,12H,4H2,1-3H3/b7-5-/t6?,8-,9-/m0/s1. The van der Waals surface area contributed by atoms with Gasteiger partial charge in [0, 0.05) is 11.5 Å². The summed E-state index contributed by atoms with van der Waals surface area (Å²) in [5.41, 5.74) is 0.808. The van der Waals surface area contributed by atoms with Gasteiger partial charge in [0.15, 0.2) is 5.78 Å². The second-order valence-electron chi connectivity index (χ2n) is 4.99. The Balaban J connectivity index is 2.29. The van der Waals surface area contributed by atoms with Gasteiger partial charge in [0.1, 0.15) is 0 Å². The summed E-state index contributed by atoms with van der Waals surface area (Å²) in [5.74, 6) is 1.15. The van der Waals surface area contributed by atoms with Gasteiger partial charge in [-0.2, -0.15) is 0 Å². The summed E-state index contributed by atoms with van der Waals surface area (Å²) in [6, 6.07) is 0. The molecule has 2 rings (SSSR count). The van der Waals surface area contributed by atoms with Crippen LogP contribution in [0.25, 0.3) is 0 Å². The van der Waals surface area contributed by atoms with E-state index in [4.69, 9.17) is 5.11 Å². The Hall–Kier alpha value is -0.790. The van der Waals surface area contributed by atoms with Crippen molar-refractivity contribution in [3.63, 3.8) is 0 Å². The number of hydrogen-bond donors (Lipinski definition) is 1. The number of fused-ring (bicyclic) bond motifs is 1. The number of aliphatic hydroxyl groups excluding tert-OH is 1. The monoisotopic (exact) mass is 180 g/mol. The second-order valence-corrected chi connectivity index (χ2v) is 4.99. The number of hydrogen-bond acceptors (Lipinski definition) is 2. The Bertz CT molecular complexity index is 288. The molecule has 2 heteroatoms. The van der Waals surface area contributed by atoms with Crippen LogP contribution in [0.2, 0.25) is 0 Å². The summed E-state index contributed by atoms with van der Waals surface area (Å²) >= 11 is 0. The van der Waals surface area contributed by atoms with E-state index >= 15 is 0 Å². The Kier molecular flexibility index (Phi) is 1.60. The van der Waals surface area contributed by atoms with E-state index in [0.717, 1.165) is 12.7 Å². The maximum absolute atomic E-state index is 11.8. The molecule has 0 bridgehead atoms. The molecule has 0 saturated heterocycles. The molecule has 3 atom stereocenters. The van der Waals surface area contributed by atoms with E-state index in [1.165, 1.54) is 0 Å². The smallest absolute Gasteiger partial charge is 0.166 e. The van der Waals surface area contributed by atoms with E-state index in [1.54, 1.807) is 0 Å². The van der Waals surface area contributed by atoms with Gasteiger partial charge >= 0.3 is 0 Å². The van der Waals surface area contributed by atoms with Crippen molar-refractivity contribution in [2.24, 2.45) is 23.2 Å². The van der Waals surface area contributed by atoms with E-state index in [0.29, 0.717) is 11.5 Å². The van der Waals surface area contributed by atoms with Crippen molar-refractivity contribution in [2.75, 3.05) is 0 Å². The highest BCUT2D eigenvalue weighted by Gasteiger charge is 2.64. The Labute approximate surface area is 78.6 Å². The van der Waals surface area contributed by atoms with Crippen molar-refractivity contribution in [1.29, 1.82) is 0 Å². The molecular weight excluding hydrogens is 164 g/mol. The van der Waals surface area contributed by atoms with Gasteiger partial charge in [-0.1, -0.05) is 20.8 Å². The molecule has 1 unspecified atom stereocenters. The predicted octanol–water partition coefficient (Wildman–Crippen LogP) is 2.31. The minimum absolute atomic E-state index is 0.177. The van der Waals surface area contributed by atoms with E-state index in [2.05, 4.69) is 13.8 Å². The average molecular weight is 180 g/mol. The van der Waals surface area contributed by atoms with Crippen molar-refractivity contribution < 1.29 is 9.90 Å². The quantitative estimate of drug-likeness (QED) is 0.459. The lowest BCUT2D eigenvalue weighted by molar-refractivity contribution is -0.118. The third-order valence-electron chi connectivity index (χ3n) is 3.89. The van der Waals surface area contributed by atoms with Gasteiger partial charge in [0.2, 0.25) is 0 Å². The van der Waals surface area contributed by atoms with E-state index < -0.39 is 0 Å². The van der Waals surface area contributed by atoms with Gasteiger partial charge in [0.05, 0.1) is 6.26 Å². The molecule has 72 valence electrons. The zero-order valence-electron chi connectivity index (χ0n) is 8.37. The molecule has 2 aliphatic rings. The molecule has 13 heavy (non-hydrogen) atoms. The van der Waals surface area contributed by atoms with Crippen LogP contribution in [0.1, 0.15) is 27.2 Å². The lowest BCUT2D eigenvalue weighted by Crippen LogP contribution is -2.19. The van der Waals surface area contributed by atoms with Crippen LogP contribution in [-0.4, -0.2) is 10.9 Å². The Morgan fingerprint density at radius 1 is 1.54 bits per heavy atom. The molecule has 2 fully saturated rings. The molecule has 0 amide bonds. The molecule has 0 spiro atoms. The number of aliphatic hydroxyl groups is 1. The predicted molar refractivity (Wildman–Crippen MR) is 50.3 cm³/mol. The molecule has 0 aliphatic heterocycles. The first-order valence-corrected chi connectivity index (χ1v) is 4.88. The van der Waals surface area contributed by atoms with Crippen molar-refractivity contribution >= 4 is 5.78 Å². The molecule has 0 aromatic carbocycles. The fourth-order valence-corrected chi connectivity index (χ4v) is 2.83. The zero-order chi connectivity index (χ0) is 9.80. The number of rotatable bonds is 0. The number of carbonyl (C=O) groups excluding carboxylic acids is 1. The van der Waals surface area contributed by atoms with Crippen LogP contribution in [0.5, 0.6) is 0 Å². The lowest BCUT2D eigenvalue weighted by Gasteiger charge is -2.18. The van der Waals surface area contributed by atoms with Crippen LogP contribution in [0.4, 0.5) is 0 Å². The first-order chi connectivity index (χ1) is 6.00. The van der Waals surface area contributed by atoms with Gasteiger partial charge in [-0.05, 0) is 23.7 Å². The summed E-state index contributed by atoms with van der Waals surface area (Å²) < 4.78 is 0. The summed E-state index contributed by atoms with van der Waals surface area (Å²) in [4.78, 5) is 11.8. The fraction of sp³-hybridized carbons (Fsp3) is 0.727. The van der Waals surface area contributed by atoms with Crippen LogP contribution in [0, 0.1) is 23.2 Å². The highest BCUT2D eigenvalue weighted by atomic mass is 16.2. The van der Waals surface area contributed by atoms with Crippen LogP contribution in [0.3, 0.4) is 0 Å². The van der Waals surface area contributed by atoms with Crippen molar-refractivity contribution in [2.45, 2.75) is 27.2 Å². The maximum atomic E-state index is 11.8. The van der Waals surface area contributed by atoms with Crippen LogP contribution in [0.15, 0.2) is 11.8 Å². The van der Waals surface area contributed by atoms with Crippen molar-refractivity contribution in [3.05, 3.63) is 11.8 Å². The van der Waals surface area contributed by atoms with Gasteiger partial charge in [-0.15, -0.1) is 0 Å². The third kappa shape index (κ3) is 0.976. The summed E-state index contributed by atoms with van der Waals surface area (Å²) in [7, 11) is 0. The van der Waals surface area contributed by atoms with Crippen molar-refractivity contribution in [3.8, 4) is 0 Å². The molecule has 0 aromatic heterocycles. The highest BCUT2D eigenvalue weighted by molar-refractivity contribution is 6.01. The molecule has 0 radical (unpaired) electrons. The van der Waals surface area contributed by atoms with Crippen LogP contribution >= 0.6 is 0 Å².